The monoisotopic (exact) mass is 539 g/mol. The van der Waals surface area contributed by atoms with Crippen LogP contribution in [0.5, 0.6) is 0 Å². The molecule has 0 radical (unpaired) electrons. The molecular weight excluding hydrogens is 502 g/mol. The SMILES string of the molecule is C.CC.Cc1nc(N)ccc1CNC(=O)Cn1c(-c2ccc(C#N)cc2)cnc(NCCc2ccccc2)c1=O. The number of anilines is 2. The average molecular weight is 540 g/mol. The maximum Gasteiger partial charge on any atom is 0.294 e. The van der Waals surface area contributed by atoms with Crippen LogP contribution in [0.2, 0.25) is 0 Å². The van der Waals surface area contributed by atoms with Gasteiger partial charge in [0.05, 0.1) is 23.5 Å². The second-order valence-corrected chi connectivity index (χ2v) is 8.49. The third kappa shape index (κ3) is 8.27. The topological polar surface area (TPSA) is 139 Å². The van der Waals surface area contributed by atoms with Gasteiger partial charge in [-0.1, -0.05) is 69.8 Å². The summed E-state index contributed by atoms with van der Waals surface area (Å²) < 4.78 is 1.39. The van der Waals surface area contributed by atoms with Gasteiger partial charge in [-0.2, -0.15) is 5.26 Å². The van der Waals surface area contributed by atoms with E-state index in [0.29, 0.717) is 29.2 Å². The van der Waals surface area contributed by atoms with E-state index in [1.54, 1.807) is 36.5 Å². The number of benzene rings is 2. The molecule has 0 aliphatic carbocycles. The quantitative estimate of drug-likeness (QED) is 0.280. The maximum absolute atomic E-state index is 13.4. The molecule has 0 bridgehead atoms. The summed E-state index contributed by atoms with van der Waals surface area (Å²) in [5.41, 5.74) is 9.64. The van der Waals surface area contributed by atoms with Crippen molar-refractivity contribution in [2.24, 2.45) is 0 Å². The summed E-state index contributed by atoms with van der Waals surface area (Å²) >= 11 is 0. The van der Waals surface area contributed by atoms with Crippen molar-refractivity contribution in [2.75, 3.05) is 17.6 Å². The lowest BCUT2D eigenvalue weighted by Gasteiger charge is -2.15. The normalized spacial score (nSPS) is 9.85. The number of aryl methyl sites for hydroxylation is 1. The largest absolute Gasteiger partial charge is 0.384 e. The molecule has 2 aromatic heterocycles. The van der Waals surface area contributed by atoms with Crippen LogP contribution in [0, 0.1) is 18.3 Å². The van der Waals surface area contributed by atoms with Crippen molar-refractivity contribution < 1.29 is 4.79 Å². The molecule has 4 rings (SSSR count). The number of hydrogen-bond acceptors (Lipinski definition) is 7. The van der Waals surface area contributed by atoms with E-state index in [-0.39, 0.29) is 32.2 Å². The number of carbonyl (C=O) groups excluding carboxylic acids is 1. The molecule has 4 aromatic rings. The zero-order chi connectivity index (χ0) is 28.2. The second kappa shape index (κ2) is 15.4. The summed E-state index contributed by atoms with van der Waals surface area (Å²) in [5.74, 6) is 0.240. The van der Waals surface area contributed by atoms with Gasteiger partial charge in [0, 0.05) is 18.8 Å². The predicted octanol–water partition coefficient (Wildman–Crippen LogP) is 4.70. The Hall–Kier alpha value is -4.97. The number of carbonyl (C=O) groups is 1. The Morgan fingerprint density at radius 2 is 1.75 bits per heavy atom. The molecule has 40 heavy (non-hydrogen) atoms. The predicted molar refractivity (Wildman–Crippen MR) is 161 cm³/mol. The number of nitriles is 1. The number of hydrogen-bond donors (Lipinski definition) is 3. The van der Waals surface area contributed by atoms with E-state index in [9.17, 15) is 9.59 Å². The van der Waals surface area contributed by atoms with E-state index < -0.39 is 5.56 Å². The molecule has 0 fully saturated rings. The Morgan fingerprint density at radius 1 is 1.05 bits per heavy atom. The summed E-state index contributed by atoms with van der Waals surface area (Å²) in [6.07, 6.45) is 2.28. The van der Waals surface area contributed by atoms with E-state index in [0.717, 1.165) is 23.2 Å². The van der Waals surface area contributed by atoms with Crippen LogP contribution < -0.4 is 21.9 Å². The van der Waals surface area contributed by atoms with Crippen LogP contribution in [-0.2, 0) is 24.3 Å². The van der Waals surface area contributed by atoms with Crippen molar-refractivity contribution in [3.63, 3.8) is 0 Å². The molecule has 0 unspecified atom stereocenters. The van der Waals surface area contributed by atoms with Crippen molar-refractivity contribution in [3.8, 4) is 17.3 Å². The third-order valence-corrected chi connectivity index (χ3v) is 5.91. The smallest absolute Gasteiger partial charge is 0.294 e. The molecule has 2 aromatic carbocycles. The zero-order valence-corrected chi connectivity index (χ0v) is 22.4. The van der Waals surface area contributed by atoms with Crippen LogP contribution in [0.3, 0.4) is 0 Å². The lowest BCUT2D eigenvalue weighted by molar-refractivity contribution is -0.121. The molecule has 1 amide bonds. The highest BCUT2D eigenvalue weighted by molar-refractivity contribution is 5.77. The second-order valence-electron chi connectivity index (χ2n) is 8.49. The van der Waals surface area contributed by atoms with Crippen molar-refractivity contribution in [3.05, 3.63) is 106 Å². The molecule has 0 spiro atoms. The number of pyridine rings is 1. The number of amides is 1. The fourth-order valence-corrected chi connectivity index (χ4v) is 3.87. The Kier molecular flexibility index (Phi) is 12.1. The van der Waals surface area contributed by atoms with E-state index in [1.807, 2.05) is 57.2 Å². The summed E-state index contributed by atoms with van der Waals surface area (Å²) in [6, 6.07) is 22.3. The highest BCUT2D eigenvalue weighted by Gasteiger charge is 2.15. The fourth-order valence-electron chi connectivity index (χ4n) is 3.87. The van der Waals surface area contributed by atoms with Crippen LogP contribution in [0.25, 0.3) is 11.3 Å². The van der Waals surface area contributed by atoms with Crippen molar-refractivity contribution >= 4 is 17.5 Å². The summed E-state index contributed by atoms with van der Waals surface area (Å²) in [4.78, 5) is 34.9. The van der Waals surface area contributed by atoms with Crippen molar-refractivity contribution in [1.29, 1.82) is 5.26 Å². The molecule has 0 aliphatic heterocycles. The number of nitrogens with two attached hydrogens (primary N) is 1. The Morgan fingerprint density at radius 3 is 2.40 bits per heavy atom. The van der Waals surface area contributed by atoms with Gasteiger partial charge < -0.3 is 16.4 Å². The summed E-state index contributed by atoms with van der Waals surface area (Å²) in [6.45, 7) is 6.39. The lowest BCUT2D eigenvalue weighted by atomic mass is 10.1. The standard InChI is InChI=1S/C28H27N7O2.C2H6.CH4/c1-19-23(11-12-25(30)34-19)16-32-26(36)18-35-24(22-9-7-21(15-29)8-10-22)17-33-27(28(35)37)31-14-13-20-5-3-2-4-6-20;1-2;/h2-12,17H,13-14,16,18H2,1H3,(H2,30,34)(H,31,33)(H,32,36);1-2H3;1H4. The fraction of sp³-hybridized carbons (Fsp3) is 0.258. The highest BCUT2D eigenvalue weighted by atomic mass is 16.2. The van der Waals surface area contributed by atoms with Crippen LogP contribution >= 0.6 is 0 Å². The van der Waals surface area contributed by atoms with E-state index in [2.05, 4.69) is 26.7 Å². The van der Waals surface area contributed by atoms with Gasteiger partial charge in [-0.05, 0) is 48.2 Å². The number of nitrogens with one attached hydrogen (secondary N) is 2. The molecule has 9 nitrogen and oxygen atoms in total. The van der Waals surface area contributed by atoms with Gasteiger partial charge in [0.25, 0.3) is 5.56 Å². The van der Waals surface area contributed by atoms with Gasteiger partial charge in [0.1, 0.15) is 12.4 Å². The minimum Gasteiger partial charge on any atom is -0.384 e. The first-order valence-corrected chi connectivity index (χ1v) is 12.8. The molecule has 9 heteroatoms. The first-order chi connectivity index (χ1) is 18.9. The van der Waals surface area contributed by atoms with Crippen LogP contribution in [-0.4, -0.2) is 27.0 Å². The number of aromatic nitrogens is 3. The van der Waals surface area contributed by atoms with Crippen LogP contribution in [0.1, 0.15) is 43.7 Å². The number of nitrogens with zero attached hydrogens (tertiary/aromatic N) is 4. The Bertz CT molecular complexity index is 1490. The first-order valence-electron chi connectivity index (χ1n) is 12.8. The van der Waals surface area contributed by atoms with E-state index in [1.165, 1.54) is 4.57 Å². The minimum absolute atomic E-state index is 0. The molecular formula is C31H37N7O2. The van der Waals surface area contributed by atoms with Crippen molar-refractivity contribution in [1.82, 2.24) is 19.9 Å². The highest BCUT2D eigenvalue weighted by Crippen LogP contribution is 2.19. The Labute approximate surface area is 235 Å². The Balaban J connectivity index is 0.00000183. The van der Waals surface area contributed by atoms with Gasteiger partial charge in [0.2, 0.25) is 5.91 Å². The van der Waals surface area contributed by atoms with Gasteiger partial charge in [-0.3, -0.25) is 14.2 Å². The molecule has 0 saturated heterocycles. The number of rotatable bonds is 9. The van der Waals surface area contributed by atoms with E-state index >= 15 is 0 Å². The zero-order valence-electron chi connectivity index (χ0n) is 22.4. The average Bonchev–Trinajstić information content (AvgIpc) is 2.96. The molecule has 0 aliphatic rings. The summed E-state index contributed by atoms with van der Waals surface area (Å²) in [7, 11) is 0. The van der Waals surface area contributed by atoms with Gasteiger partial charge in [-0.15, -0.1) is 0 Å². The molecule has 0 atom stereocenters. The van der Waals surface area contributed by atoms with Crippen LogP contribution in [0.4, 0.5) is 11.6 Å². The number of nitrogen functional groups attached to an aromatic ring is 1. The van der Waals surface area contributed by atoms with E-state index in [4.69, 9.17) is 11.0 Å². The molecule has 2 heterocycles. The summed E-state index contributed by atoms with van der Waals surface area (Å²) in [5, 5.41) is 15.1. The lowest BCUT2D eigenvalue weighted by Crippen LogP contribution is -2.34. The maximum atomic E-state index is 13.4. The van der Waals surface area contributed by atoms with Crippen molar-refractivity contribution in [2.45, 2.75) is 47.7 Å². The molecule has 208 valence electrons. The minimum atomic E-state index is -0.407. The van der Waals surface area contributed by atoms with Gasteiger partial charge in [0.15, 0.2) is 5.82 Å². The van der Waals surface area contributed by atoms with Gasteiger partial charge >= 0.3 is 0 Å². The van der Waals surface area contributed by atoms with Gasteiger partial charge in [-0.25, -0.2) is 9.97 Å². The molecule has 4 N–H and O–H groups in total. The van der Waals surface area contributed by atoms with Crippen LogP contribution in [0.15, 0.2) is 77.7 Å². The molecule has 0 saturated carbocycles. The first kappa shape index (κ1) is 31.2. The third-order valence-electron chi connectivity index (χ3n) is 5.91.